The van der Waals surface area contributed by atoms with Gasteiger partial charge in [0.05, 0.1) is 12.6 Å². The smallest absolute Gasteiger partial charge is 0.237 e. The molecule has 0 radical (unpaired) electrons. The molecule has 88 valence electrons. The zero-order valence-corrected chi connectivity index (χ0v) is 9.07. The molecule has 0 saturated carbocycles. The maximum absolute atomic E-state index is 11.8. The minimum Gasteiger partial charge on any atom is -0.347 e. The number of H-pyrrole nitrogens is 1. The molecule has 0 bridgehead atoms. The summed E-state index contributed by atoms with van der Waals surface area (Å²) in [7, 11) is 0. The number of nitrogens with one attached hydrogen (secondary N) is 3. The van der Waals surface area contributed by atoms with Gasteiger partial charge in [-0.1, -0.05) is 18.1 Å². The highest BCUT2D eigenvalue weighted by Gasteiger charge is 2.19. The van der Waals surface area contributed by atoms with E-state index in [0.717, 1.165) is 25.8 Å². The van der Waals surface area contributed by atoms with Crippen molar-refractivity contribution in [3.05, 3.63) is 5.82 Å². The van der Waals surface area contributed by atoms with Crippen LogP contribution in [-0.4, -0.2) is 39.1 Å². The summed E-state index contributed by atoms with van der Waals surface area (Å²) in [6.07, 6.45) is 4.35. The Labute approximate surface area is 93.4 Å². The molecule has 2 heterocycles. The number of aromatic nitrogens is 4. The Hall–Kier alpha value is -1.50. The number of hydrogen-bond acceptors (Lipinski definition) is 5. The third-order valence-electron chi connectivity index (χ3n) is 2.69. The van der Waals surface area contributed by atoms with E-state index in [4.69, 9.17) is 0 Å². The lowest BCUT2D eigenvalue weighted by atomic mass is 10.1. The van der Waals surface area contributed by atoms with E-state index < -0.39 is 0 Å². The summed E-state index contributed by atoms with van der Waals surface area (Å²) in [5.74, 6) is 0.522. The molecule has 1 fully saturated rings. The number of carbonyl (C=O) groups excluding carboxylic acids is 1. The predicted octanol–water partition coefficient (Wildman–Crippen LogP) is -0.652. The fourth-order valence-corrected chi connectivity index (χ4v) is 1.80. The minimum absolute atomic E-state index is 0.0201. The zero-order valence-electron chi connectivity index (χ0n) is 9.07. The second kappa shape index (κ2) is 5.55. The Kier molecular flexibility index (Phi) is 3.81. The molecule has 7 heteroatoms. The van der Waals surface area contributed by atoms with Gasteiger partial charge in [0.15, 0.2) is 5.82 Å². The van der Waals surface area contributed by atoms with Crippen molar-refractivity contribution >= 4 is 5.91 Å². The Morgan fingerprint density at radius 1 is 1.44 bits per heavy atom. The molecule has 1 aliphatic heterocycles. The van der Waals surface area contributed by atoms with E-state index >= 15 is 0 Å². The number of tetrazole rings is 1. The van der Waals surface area contributed by atoms with Crippen molar-refractivity contribution in [1.82, 2.24) is 31.3 Å². The molecular weight excluding hydrogens is 208 g/mol. The summed E-state index contributed by atoms with van der Waals surface area (Å²) in [6, 6.07) is -0.0746. The molecule has 1 aliphatic rings. The number of rotatable bonds is 3. The Morgan fingerprint density at radius 2 is 2.38 bits per heavy atom. The van der Waals surface area contributed by atoms with Crippen molar-refractivity contribution < 1.29 is 4.79 Å². The maximum Gasteiger partial charge on any atom is 0.237 e. The first-order valence-corrected chi connectivity index (χ1v) is 5.59. The summed E-state index contributed by atoms with van der Waals surface area (Å²) in [5.41, 5.74) is 0. The monoisotopic (exact) mass is 224 g/mol. The second-order valence-corrected chi connectivity index (χ2v) is 3.90. The summed E-state index contributed by atoms with van der Waals surface area (Å²) >= 11 is 0. The van der Waals surface area contributed by atoms with Crippen molar-refractivity contribution in [1.29, 1.82) is 0 Å². The summed E-state index contributed by atoms with van der Waals surface area (Å²) < 4.78 is 0. The van der Waals surface area contributed by atoms with Crippen LogP contribution in [0.2, 0.25) is 0 Å². The summed E-state index contributed by atoms with van der Waals surface area (Å²) in [6.45, 7) is 1.24. The van der Waals surface area contributed by atoms with Crippen molar-refractivity contribution in [3.63, 3.8) is 0 Å². The van der Waals surface area contributed by atoms with Crippen LogP contribution in [0, 0.1) is 0 Å². The molecule has 0 aliphatic carbocycles. The van der Waals surface area contributed by atoms with Gasteiger partial charge in [-0.15, -0.1) is 10.2 Å². The topological polar surface area (TPSA) is 95.6 Å². The molecule has 1 aromatic rings. The van der Waals surface area contributed by atoms with Gasteiger partial charge in [-0.05, 0) is 19.4 Å². The SMILES string of the molecule is O=C(NCc1nn[nH]n1)C1CCCCCN1. The van der Waals surface area contributed by atoms with Crippen LogP contribution < -0.4 is 10.6 Å². The predicted molar refractivity (Wildman–Crippen MR) is 56.3 cm³/mol. The lowest BCUT2D eigenvalue weighted by Gasteiger charge is -2.14. The van der Waals surface area contributed by atoms with E-state index in [1.807, 2.05) is 0 Å². The highest BCUT2D eigenvalue weighted by Crippen LogP contribution is 2.08. The normalized spacial score (nSPS) is 21.4. The van der Waals surface area contributed by atoms with Gasteiger partial charge in [0.25, 0.3) is 0 Å². The summed E-state index contributed by atoms with van der Waals surface area (Å²) in [4.78, 5) is 11.8. The van der Waals surface area contributed by atoms with Gasteiger partial charge >= 0.3 is 0 Å². The highest BCUT2D eigenvalue weighted by molar-refractivity contribution is 5.81. The van der Waals surface area contributed by atoms with Crippen LogP contribution in [-0.2, 0) is 11.3 Å². The van der Waals surface area contributed by atoms with Crippen LogP contribution in [0.5, 0.6) is 0 Å². The zero-order chi connectivity index (χ0) is 11.2. The first-order chi connectivity index (χ1) is 7.86. The molecule has 1 unspecified atom stereocenters. The average Bonchev–Trinajstić information content (AvgIpc) is 2.66. The van der Waals surface area contributed by atoms with Crippen molar-refractivity contribution in [3.8, 4) is 0 Å². The van der Waals surface area contributed by atoms with E-state index in [1.54, 1.807) is 0 Å². The molecule has 3 N–H and O–H groups in total. The van der Waals surface area contributed by atoms with Crippen LogP contribution in [0.1, 0.15) is 31.5 Å². The summed E-state index contributed by atoms with van der Waals surface area (Å²) in [5, 5.41) is 19.3. The molecule has 16 heavy (non-hydrogen) atoms. The van der Waals surface area contributed by atoms with Crippen LogP contribution in [0.3, 0.4) is 0 Å². The largest absolute Gasteiger partial charge is 0.347 e. The Morgan fingerprint density at radius 3 is 3.19 bits per heavy atom. The first kappa shape index (κ1) is 11.0. The fraction of sp³-hybridized carbons (Fsp3) is 0.778. The minimum atomic E-state index is -0.0746. The number of aromatic amines is 1. The quantitative estimate of drug-likeness (QED) is 0.634. The third kappa shape index (κ3) is 2.99. The number of carbonyl (C=O) groups is 1. The van der Waals surface area contributed by atoms with Gasteiger partial charge in [0.2, 0.25) is 5.91 Å². The van der Waals surface area contributed by atoms with Crippen molar-refractivity contribution in [2.24, 2.45) is 0 Å². The van der Waals surface area contributed by atoms with E-state index in [0.29, 0.717) is 12.4 Å². The lowest BCUT2D eigenvalue weighted by molar-refractivity contribution is -0.123. The van der Waals surface area contributed by atoms with Crippen molar-refractivity contribution in [2.75, 3.05) is 6.54 Å². The molecule has 2 rings (SSSR count). The average molecular weight is 224 g/mol. The molecule has 0 spiro atoms. The van der Waals surface area contributed by atoms with Gasteiger partial charge < -0.3 is 10.6 Å². The van der Waals surface area contributed by atoms with Gasteiger partial charge in [-0.3, -0.25) is 4.79 Å². The molecule has 1 atom stereocenters. The molecular formula is C9H16N6O. The van der Waals surface area contributed by atoms with E-state index in [9.17, 15) is 4.79 Å². The molecule has 1 aromatic heterocycles. The Balaban J connectivity index is 1.78. The van der Waals surface area contributed by atoms with E-state index in [2.05, 4.69) is 31.3 Å². The van der Waals surface area contributed by atoms with Gasteiger partial charge in [-0.2, -0.15) is 5.21 Å². The maximum atomic E-state index is 11.8. The lowest BCUT2D eigenvalue weighted by Crippen LogP contribution is -2.43. The molecule has 1 amide bonds. The van der Waals surface area contributed by atoms with Crippen LogP contribution in [0.4, 0.5) is 0 Å². The van der Waals surface area contributed by atoms with Crippen molar-refractivity contribution in [2.45, 2.75) is 38.3 Å². The van der Waals surface area contributed by atoms with Gasteiger partial charge in [0, 0.05) is 0 Å². The highest BCUT2D eigenvalue weighted by atomic mass is 16.2. The third-order valence-corrected chi connectivity index (χ3v) is 2.69. The number of hydrogen-bond donors (Lipinski definition) is 3. The number of nitrogens with zero attached hydrogens (tertiary/aromatic N) is 3. The second-order valence-electron chi connectivity index (χ2n) is 3.90. The van der Waals surface area contributed by atoms with E-state index in [-0.39, 0.29) is 11.9 Å². The molecule has 1 saturated heterocycles. The fourth-order valence-electron chi connectivity index (χ4n) is 1.80. The molecule has 0 aromatic carbocycles. The van der Waals surface area contributed by atoms with Crippen LogP contribution >= 0.6 is 0 Å². The first-order valence-electron chi connectivity index (χ1n) is 5.59. The van der Waals surface area contributed by atoms with Gasteiger partial charge in [0.1, 0.15) is 0 Å². The standard InChI is InChI=1S/C9H16N6O/c16-9(7-4-2-1-3-5-10-7)11-6-8-12-14-15-13-8/h7,10H,1-6H2,(H,11,16)(H,12,13,14,15). The number of amides is 1. The van der Waals surface area contributed by atoms with E-state index in [1.165, 1.54) is 6.42 Å². The van der Waals surface area contributed by atoms with Crippen LogP contribution in [0.15, 0.2) is 0 Å². The van der Waals surface area contributed by atoms with Crippen LogP contribution in [0.25, 0.3) is 0 Å². The Bertz CT molecular complexity index is 317. The van der Waals surface area contributed by atoms with Gasteiger partial charge in [-0.25, -0.2) is 0 Å². The molecule has 7 nitrogen and oxygen atoms in total.